The average molecular weight is 261 g/mol. The molecule has 0 aliphatic carbocycles. The molecule has 0 aliphatic heterocycles. The summed E-state index contributed by atoms with van der Waals surface area (Å²) in [4.78, 5) is 20.6. The molecular formula is C10H9F2NO5. The minimum atomic E-state index is -2.55. The molecule has 0 heterocycles. The van der Waals surface area contributed by atoms with Crippen LogP contribution >= 0.6 is 0 Å². The average Bonchev–Trinajstić information content (AvgIpc) is 2.28. The van der Waals surface area contributed by atoms with Crippen molar-refractivity contribution in [2.75, 3.05) is 6.61 Å². The molecule has 0 fully saturated rings. The van der Waals surface area contributed by atoms with Crippen molar-refractivity contribution >= 4 is 11.7 Å². The summed E-state index contributed by atoms with van der Waals surface area (Å²) < 4.78 is 34.8. The number of hydrogen-bond acceptors (Lipinski definition) is 5. The third-order valence-electron chi connectivity index (χ3n) is 1.82. The highest BCUT2D eigenvalue weighted by molar-refractivity contribution is 5.73. The zero-order valence-electron chi connectivity index (χ0n) is 9.26. The molecule has 1 aromatic carbocycles. The summed E-state index contributed by atoms with van der Waals surface area (Å²) in [6.07, 6.45) is -2.55. The molecule has 0 bridgehead atoms. The van der Waals surface area contributed by atoms with Gasteiger partial charge >= 0.3 is 18.0 Å². The number of alkyl halides is 1. The predicted octanol–water partition coefficient (Wildman–Crippen LogP) is 1.97. The van der Waals surface area contributed by atoms with Crippen LogP contribution in [0.2, 0.25) is 0 Å². The van der Waals surface area contributed by atoms with E-state index < -0.39 is 34.5 Å². The fourth-order valence-electron chi connectivity index (χ4n) is 1.10. The Kier molecular flexibility index (Phi) is 4.52. The molecule has 0 saturated heterocycles. The number of carbonyl (C=O) groups is 1. The minimum absolute atomic E-state index is 0.0755. The van der Waals surface area contributed by atoms with E-state index in [4.69, 9.17) is 0 Å². The van der Waals surface area contributed by atoms with Crippen LogP contribution in [0.1, 0.15) is 6.92 Å². The molecule has 1 atom stereocenters. The SMILES string of the molecule is CCOC(=O)C(F)Oc1cc(F)ccc1[N+](=O)[O-]. The first-order valence-corrected chi connectivity index (χ1v) is 4.87. The third-order valence-corrected chi connectivity index (χ3v) is 1.82. The van der Waals surface area contributed by atoms with Crippen molar-refractivity contribution in [3.8, 4) is 5.75 Å². The van der Waals surface area contributed by atoms with Gasteiger partial charge in [0.05, 0.1) is 11.5 Å². The lowest BCUT2D eigenvalue weighted by atomic mass is 10.3. The number of hydrogen-bond donors (Lipinski definition) is 0. The molecule has 1 rings (SSSR count). The van der Waals surface area contributed by atoms with E-state index in [2.05, 4.69) is 9.47 Å². The molecule has 6 nitrogen and oxygen atoms in total. The standard InChI is InChI=1S/C10H9F2NO5/c1-2-17-10(14)9(12)18-8-5-6(11)3-4-7(8)13(15)16/h3-5,9H,2H2,1H3. The highest BCUT2D eigenvalue weighted by Gasteiger charge is 2.25. The summed E-state index contributed by atoms with van der Waals surface area (Å²) in [5.74, 6) is -2.87. The van der Waals surface area contributed by atoms with E-state index >= 15 is 0 Å². The van der Waals surface area contributed by atoms with Crippen LogP contribution in [0.3, 0.4) is 0 Å². The Morgan fingerprint density at radius 3 is 2.78 bits per heavy atom. The van der Waals surface area contributed by atoms with Crippen molar-refractivity contribution in [3.05, 3.63) is 34.1 Å². The van der Waals surface area contributed by atoms with Crippen molar-refractivity contribution < 1.29 is 28.0 Å². The lowest BCUT2D eigenvalue weighted by molar-refractivity contribution is -0.386. The van der Waals surface area contributed by atoms with Crippen LogP contribution in [0.4, 0.5) is 14.5 Å². The minimum Gasteiger partial charge on any atom is -0.461 e. The third kappa shape index (κ3) is 3.37. The summed E-state index contributed by atoms with van der Waals surface area (Å²) in [7, 11) is 0. The number of nitro benzene ring substituents is 1. The molecule has 0 aliphatic rings. The summed E-state index contributed by atoms with van der Waals surface area (Å²) in [5.41, 5.74) is -0.650. The largest absolute Gasteiger partial charge is 0.461 e. The maximum Gasteiger partial charge on any atom is 0.381 e. The Labute approximate surface area is 100 Å². The molecule has 1 aromatic rings. The van der Waals surface area contributed by atoms with Gasteiger partial charge in [-0.25, -0.2) is 9.18 Å². The van der Waals surface area contributed by atoms with Crippen LogP contribution in [-0.4, -0.2) is 23.9 Å². The van der Waals surface area contributed by atoms with E-state index in [0.29, 0.717) is 6.07 Å². The molecule has 0 saturated carbocycles. The number of halogens is 2. The van der Waals surface area contributed by atoms with Crippen molar-refractivity contribution in [2.45, 2.75) is 13.3 Å². The Hall–Kier alpha value is -2.25. The highest BCUT2D eigenvalue weighted by Crippen LogP contribution is 2.28. The van der Waals surface area contributed by atoms with Gasteiger partial charge in [0.1, 0.15) is 5.82 Å². The lowest BCUT2D eigenvalue weighted by Gasteiger charge is -2.10. The number of esters is 1. The molecule has 0 amide bonds. The van der Waals surface area contributed by atoms with Crippen LogP contribution in [-0.2, 0) is 9.53 Å². The van der Waals surface area contributed by atoms with E-state index in [1.54, 1.807) is 0 Å². The second-order valence-electron chi connectivity index (χ2n) is 3.06. The fourth-order valence-corrected chi connectivity index (χ4v) is 1.10. The van der Waals surface area contributed by atoms with Gasteiger partial charge in [-0.1, -0.05) is 0 Å². The fraction of sp³-hybridized carbons (Fsp3) is 0.300. The van der Waals surface area contributed by atoms with Gasteiger partial charge in [-0.3, -0.25) is 10.1 Å². The zero-order chi connectivity index (χ0) is 13.7. The predicted molar refractivity (Wildman–Crippen MR) is 55.2 cm³/mol. The van der Waals surface area contributed by atoms with Crippen LogP contribution < -0.4 is 4.74 Å². The molecule has 8 heteroatoms. The second-order valence-corrected chi connectivity index (χ2v) is 3.06. The van der Waals surface area contributed by atoms with E-state index in [-0.39, 0.29) is 6.61 Å². The topological polar surface area (TPSA) is 78.7 Å². The molecule has 0 spiro atoms. The monoisotopic (exact) mass is 261 g/mol. The van der Waals surface area contributed by atoms with Crippen molar-refractivity contribution in [1.29, 1.82) is 0 Å². The first-order chi connectivity index (χ1) is 8.45. The van der Waals surface area contributed by atoms with Gasteiger partial charge in [0.15, 0.2) is 0 Å². The van der Waals surface area contributed by atoms with E-state index in [0.717, 1.165) is 12.1 Å². The Balaban J connectivity index is 2.92. The number of benzene rings is 1. The maximum absolute atomic E-state index is 13.2. The Bertz CT molecular complexity index is 466. The summed E-state index contributed by atoms with van der Waals surface area (Å²) in [6, 6.07) is 2.25. The van der Waals surface area contributed by atoms with Crippen LogP contribution in [0.5, 0.6) is 5.75 Å². The quantitative estimate of drug-likeness (QED) is 0.460. The van der Waals surface area contributed by atoms with Gasteiger partial charge in [-0.05, 0) is 13.0 Å². The van der Waals surface area contributed by atoms with Gasteiger partial charge in [0.25, 0.3) is 0 Å². The summed E-state index contributed by atoms with van der Waals surface area (Å²) in [6.45, 7) is 1.38. The molecule has 0 radical (unpaired) electrons. The van der Waals surface area contributed by atoms with Crippen molar-refractivity contribution in [2.24, 2.45) is 0 Å². The van der Waals surface area contributed by atoms with Gasteiger partial charge in [0, 0.05) is 12.1 Å². The highest BCUT2D eigenvalue weighted by atomic mass is 19.1. The van der Waals surface area contributed by atoms with E-state index in [1.165, 1.54) is 6.92 Å². The van der Waals surface area contributed by atoms with Crippen LogP contribution in [0, 0.1) is 15.9 Å². The zero-order valence-corrected chi connectivity index (χ0v) is 9.26. The first-order valence-electron chi connectivity index (χ1n) is 4.87. The summed E-state index contributed by atoms with van der Waals surface area (Å²) >= 11 is 0. The normalized spacial score (nSPS) is 11.7. The van der Waals surface area contributed by atoms with Gasteiger partial charge in [0.2, 0.25) is 5.75 Å². The van der Waals surface area contributed by atoms with E-state index in [1.807, 2.05) is 0 Å². The molecule has 98 valence electrons. The molecular weight excluding hydrogens is 252 g/mol. The maximum atomic E-state index is 13.2. The molecule has 0 aromatic heterocycles. The van der Waals surface area contributed by atoms with Gasteiger partial charge in [-0.15, -0.1) is 0 Å². The molecule has 0 N–H and O–H groups in total. The summed E-state index contributed by atoms with van der Waals surface area (Å²) in [5, 5.41) is 10.6. The smallest absolute Gasteiger partial charge is 0.381 e. The van der Waals surface area contributed by atoms with E-state index in [9.17, 15) is 23.7 Å². The molecule has 1 unspecified atom stereocenters. The number of ether oxygens (including phenoxy) is 2. The Morgan fingerprint density at radius 1 is 1.56 bits per heavy atom. The van der Waals surface area contributed by atoms with Gasteiger partial charge < -0.3 is 9.47 Å². The first kappa shape index (κ1) is 13.8. The van der Waals surface area contributed by atoms with Crippen molar-refractivity contribution in [1.82, 2.24) is 0 Å². The second kappa shape index (κ2) is 5.89. The lowest BCUT2D eigenvalue weighted by Crippen LogP contribution is -2.25. The number of nitrogens with zero attached hydrogens (tertiary/aromatic N) is 1. The number of rotatable bonds is 5. The number of carbonyl (C=O) groups excluding carboxylic acids is 1. The van der Waals surface area contributed by atoms with Crippen LogP contribution in [0.15, 0.2) is 18.2 Å². The van der Waals surface area contributed by atoms with Gasteiger partial charge in [-0.2, -0.15) is 4.39 Å². The molecule has 18 heavy (non-hydrogen) atoms. The number of nitro groups is 1. The van der Waals surface area contributed by atoms with Crippen LogP contribution in [0.25, 0.3) is 0 Å². The van der Waals surface area contributed by atoms with Crippen molar-refractivity contribution in [3.63, 3.8) is 0 Å². The Morgan fingerprint density at radius 2 is 2.22 bits per heavy atom.